The molecule has 0 unspecified atom stereocenters. The highest BCUT2D eigenvalue weighted by atomic mass is 35.5. The fourth-order valence-electron chi connectivity index (χ4n) is 1.23. The van der Waals surface area contributed by atoms with Gasteiger partial charge in [0.1, 0.15) is 5.82 Å². The second-order valence-electron chi connectivity index (χ2n) is 3.10. The summed E-state index contributed by atoms with van der Waals surface area (Å²) >= 11 is 5.66. The van der Waals surface area contributed by atoms with Crippen LogP contribution in [0.4, 0.5) is 4.39 Å². The molecule has 2 N–H and O–H groups in total. The number of nitrogens with two attached hydrogens (primary N) is 1. The van der Waals surface area contributed by atoms with E-state index in [2.05, 4.69) is 5.10 Å². The molecule has 3 nitrogen and oxygen atoms in total. The van der Waals surface area contributed by atoms with Crippen LogP contribution in [0.2, 0.25) is 5.02 Å². The molecular weight excluding hydrogens is 217 g/mol. The molecular formula is C10H9ClFN3. The average molecular weight is 226 g/mol. The molecule has 0 saturated heterocycles. The Morgan fingerprint density at radius 3 is 2.87 bits per heavy atom. The molecule has 1 aromatic carbocycles. The van der Waals surface area contributed by atoms with Crippen molar-refractivity contribution in [3.63, 3.8) is 0 Å². The van der Waals surface area contributed by atoms with E-state index >= 15 is 0 Å². The normalized spacial score (nSPS) is 10.6. The lowest BCUT2D eigenvalue weighted by Gasteiger charge is -2.01. The van der Waals surface area contributed by atoms with Crippen LogP contribution in [0.5, 0.6) is 0 Å². The van der Waals surface area contributed by atoms with Crippen molar-refractivity contribution in [1.82, 2.24) is 9.78 Å². The van der Waals surface area contributed by atoms with Gasteiger partial charge in [0.25, 0.3) is 0 Å². The van der Waals surface area contributed by atoms with Crippen LogP contribution in [0.1, 0.15) is 5.56 Å². The first kappa shape index (κ1) is 10.1. The van der Waals surface area contributed by atoms with Gasteiger partial charge in [-0.25, -0.2) is 9.07 Å². The van der Waals surface area contributed by atoms with Crippen LogP contribution < -0.4 is 5.73 Å². The van der Waals surface area contributed by atoms with E-state index in [-0.39, 0.29) is 5.02 Å². The van der Waals surface area contributed by atoms with Crippen LogP contribution in [0.3, 0.4) is 0 Å². The summed E-state index contributed by atoms with van der Waals surface area (Å²) < 4.78 is 14.5. The van der Waals surface area contributed by atoms with Crippen molar-refractivity contribution in [2.45, 2.75) is 6.54 Å². The van der Waals surface area contributed by atoms with Crippen LogP contribution >= 0.6 is 11.6 Å². The van der Waals surface area contributed by atoms with E-state index in [1.165, 1.54) is 12.1 Å². The molecule has 15 heavy (non-hydrogen) atoms. The minimum atomic E-state index is -0.438. The van der Waals surface area contributed by atoms with E-state index in [0.717, 1.165) is 5.56 Å². The third kappa shape index (κ3) is 2.00. The zero-order valence-electron chi connectivity index (χ0n) is 7.82. The molecule has 0 saturated carbocycles. The molecule has 0 radical (unpaired) electrons. The first-order chi connectivity index (χ1) is 7.20. The summed E-state index contributed by atoms with van der Waals surface area (Å²) in [5.41, 5.74) is 7.08. The summed E-state index contributed by atoms with van der Waals surface area (Å²) in [6.07, 6.45) is 3.45. The molecule has 1 aromatic heterocycles. The Bertz CT molecular complexity index is 481. The summed E-state index contributed by atoms with van der Waals surface area (Å²) in [5, 5.41) is 4.16. The summed E-state index contributed by atoms with van der Waals surface area (Å²) in [6.45, 7) is 0.426. The Labute approximate surface area is 91.3 Å². The molecule has 0 aliphatic carbocycles. The Kier molecular flexibility index (Phi) is 2.70. The lowest BCUT2D eigenvalue weighted by atomic mass is 10.3. The first-order valence-electron chi connectivity index (χ1n) is 4.40. The minimum absolute atomic E-state index is 0.0808. The van der Waals surface area contributed by atoms with Crippen LogP contribution in [-0.4, -0.2) is 9.78 Å². The van der Waals surface area contributed by atoms with E-state index in [9.17, 15) is 4.39 Å². The van der Waals surface area contributed by atoms with Gasteiger partial charge in [-0.05, 0) is 18.2 Å². The highest BCUT2D eigenvalue weighted by Gasteiger charge is 2.03. The fraction of sp³-hybridized carbons (Fsp3) is 0.100. The van der Waals surface area contributed by atoms with E-state index in [4.69, 9.17) is 17.3 Å². The van der Waals surface area contributed by atoms with Crippen LogP contribution in [-0.2, 0) is 6.54 Å². The van der Waals surface area contributed by atoms with Crippen molar-refractivity contribution >= 4 is 11.6 Å². The first-order valence-corrected chi connectivity index (χ1v) is 4.77. The molecule has 0 atom stereocenters. The number of hydrogen-bond donors (Lipinski definition) is 1. The maximum atomic E-state index is 12.9. The van der Waals surface area contributed by atoms with E-state index < -0.39 is 5.82 Å². The molecule has 2 rings (SSSR count). The summed E-state index contributed by atoms with van der Waals surface area (Å²) in [6, 6.07) is 4.43. The molecule has 0 bridgehead atoms. The zero-order valence-corrected chi connectivity index (χ0v) is 8.58. The van der Waals surface area contributed by atoms with E-state index in [1.54, 1.807) is 23.1 Å². The largest absolute Gasteiger partial charge is 0.326 e. The second-order valence-corrected chi connectivity index (χ2v) is 3.50. The third-order valence-corrected chi connectivity index (χ3v) is 2.33. The number of nitrogens with zero attached hydrogens (tertiary/aromatic N) is 2. The quantitative estimate of drug-likeness (QED) is 0.851. The number of hydrogen-bond acceptors (Lipinski definition) is 2. The van der Waals surface area contributed by atoms with Gasteiger partial charge in [0.05, 0.1) is 16.9 Å². The van der Waals surface area contributed by atoms with Gasteiger partial charge in [0.2, 0.25) is 0 Å². The van der Waals surface area contributed by atoms with E-state index in [0.29, 0.717) is 12.2 Å². The van der Waals surface area contributed by atoms with Crippen molar-refractivity contribution in [1.29, 1.82) is 0 Å². The number of halogens is 2. The van der Waals surface area contributed by atoms with Gasteiger partial charge in [-0.3, -0.25) is 0 Å². The fourth-order valence-corrected chi connectivity index (χ4v) is 1.41. The van der Waals surface area contributed by atoms with Crippen molar-refractivity contribution in [3.05, 3.63) is 47.0 Å². The highest BCUT2D eigenvalue weighted by Crippen LogP contribution is 2.18. The Morgan fingerprint density at radius 1 is 1.47 bits per heavy atom. The monoisotopic (exact) mass is 225 g/mol. The second kappa shape index (κ2) is 4.00. The Balaban J connectivity index is 2.40. The zero-order chi connectivity index (χ0) is 10.8. The maximum absolute atomic E-state index is 12.9. The molecule has 1 heterocycles. The van der Waals surface area contributed by atoms with Gasteiger partial charge in [-0.1, -0.05) is 11.6 Å². The molecule has 0 fully saturated rings. The van der Waals surface area contributed by atoms with E-state index in [1.807, 2.05) is 0 Å². The molecule has 0 spiro atoms. The predicted octanol–water partition coefficient (Wildman–Crippen LogP) is 2.12. The van der Waals surface area contributed by atoms with Gasteiger partial charge in [-0.15, -0.1) is 0 Å². The van der Waals surface area contributed by atoms with Crippen molar-refractivity contribution in [2.75, 3.05) is 0 Å². The predicted molar refractivity (Wildman–Crippen MR) is 56.4 cm³/mol. The summed E-state index contributed by atoms with van der Waals surface area (Å²) in [5.74, 6) is -0.438. The lowest BCUT2D eigenvalue weighted by molar-refractivity contribution is 0.627. The standard InChI is InChI=1S/C10H9ClFN3/c11-9-3-8(1-2-10(9)12)15-6-7(4-13)5-14-15/h1-3,5-6H,4,13H2. The van der Waals surface area contributed by atoms with Gasteiger partial charge >= 0.3 is 0 Å². The van der Waals surface area contributed by atoms with Gasteiger partial charge in [0, 0.05) is 18.3 Å². The van der Waals surface area contributed by atoms with Crippen molar-refractivity contribution in [3.8, 4) is 5.69 Å². The number of benzene rings is 1. The molecule has 0 amide bonds. The highest BCUT2D eigenvalue weighted by molar-refractivity contribution is 6.30. The lowest BCUT2D eigenvalue weighted by Crippen LogP contribution is -1.96. The molecule has 2 aromatic rings. The molecule has 0 aliphatic heterocycles. The summed E-state index contributed by atoms with van der Waals surface area (Å²) in [7, 11) is 0. The maximum Gasteiger partial charge on any atom is 0.141 e. The SMILES string of the molecule is NCc1cnn(-c2ccc(F)c(Cl)c2)c1. The Morgan fingerprint density at radius 2 is 2.27 bits per heavy atom. The average Bonchev–Trinajstić information content (AvgIpc) is 2.70. The third-order valence-electron chi connectivity index (χ3n) is 2.04. The van der Waals surface area contributed by atoms with Gasteiger partial charge in [0.15, 0.2) is 0 Å². The summed E-state index contributed by atoms with van der Waals surface area (Å²) in [4.78, 5) is 0. The van der Waals surface area contributed by atoms with Gasteiger partial charge < -0.3 is 5.73 Å². The molecule has 78 valence electrons. The van der Waals surface area contributed by atoms with Gasteiger partial charge in [-0.2, -0.15) is 5.10 Å². The molecule has 0 aliphatic rings. The number of rotatable bonds is 2. The molecule has 5 heteroatoms. The van der Waals surface area contributed by atoms with Crippen LogP contribution in [0.25, 0.3) is 5.69 Å². The topological polar surface area (TPSA) is 43.8 Å². The number of aromatic nitrogens is 2. The smallest absolute Gasteiger partial charge is 0.141 e. The minimum Gasteiger partial charge on any atom is -0.326 e. The Hall–Kier alpha value is -1.39. The van der Waals surface area contributed by atoms with Crippen LogP contribution in [0.15, 0.2) is 30.6 Å². The van der Waals surface area contributed by atoms with Crippen LogP contribution in [0, 0.1) is 5.82 Å². The van der Waals surface area contributed by atoms with Crippen molar-refractivity contribution in [2.24, 2.45) is 5.73 Å². The van der Waals surface area contributed by atoms with Crippen molar-refractivity contribution < 1.29 is 4.39 Å².